The minimum Gasteiger partial charge on any atom is -0.371 e. The van der Waals surface area contributed by atoms with Crippen LogP contribution in [0.25, 0.3) is 0 Å². The molecule has 0 aromatic heterocycles. The Morgan fingerprint density at radius 2 is 2.15 bits per heavy atom. The van der Waals surface area contributed by atoms with Crippen molar-refractivity contribution < 1.29 is 4.74 Å². The molecule has 0 aromatic carbocycles. The van der Waals surface area contributed by atoms with E-state index in [1.807, 2.05) is 0 Å². The largest absolute Gasteiger partial charge is 0.371 e. The average molecular weight is 186 g/mol. The van der Waals surface area contributed by atoms with Gasteiger partial charge in [-0.25, -0.2) is 0 Å². The van der Waals surface area contributed by atoms with Crippen molar-refractivity contribution in [3.8, 4) is 0 Å². The highest BCUT2D eigenvalue weighted by Crippen LogP contribution is 2.14. The average Bonchev–Trinajstić information content (AvgIpc) is 2.00. The number of hydrogen-bond donors (Lipinski definition) is 2. The molecule has 3 heteroatoms. The van der Waals surface area contributed by atoms with Gasteiger partial charge in [0.15, 0.2) is 0 Å². The zero-order valence-corrected chi connectivity index (χ0v) is 9.02. The molecule has 1 saturated heterocycles. The third-order valence-electron chi connectivity index (χ3n) is 2.28. The highest BCUT2D eigenvalue weighted by Gasteiger charge is 2.31. The lowest BCUT2D eigenvalue weighted by molar-refractivity contribution is -0.0648. The molecule has 0 unspecified atom stereocenters. The fourth-order valence-corrected chi connectivity index (χ4v) is 1.34. The Balaban J connectivity index is 1.89. The van der Waals surface area contributed by atoms with Crippen molar-refractivity contribution in [1.82, 2.24) is 10.6 Å². The van der Waals surface area contributed by atoms with Crippen LogP contribution in [0.15, 0.2) is 0 Å². The second kappa shape index (κ2) is 4.94. The van der Waals surface area contributed by atoms with Crippen molar-refractivity contribution in [3.63, 3.8) is 0 Å². The highest BCUT2D eigenvalue weighted by atomic mass is 16.5. The van der Waals surface area contributed by atoms with Gasteiger partial charge in [-0.05, 0) is 19.4 Å². The minimum atomic E-state index is 0.111. The summed E-state index contributed by atoms with van der Waals surface area (Å²) in [5.41, 5.74) is 0.111. The first kappa shape index (κ1) is 11.0. The maximum absolute atomic E-state index is 5.72. The molecule has 0 saturated carbocycles. The summed E-state index contributed by atoms with van der Waals surface area (Å²) < 4.78 is 5.72. The van der Waals surface area contributed by atoms with Crippen molar-refractivity contribution in [3.05, 3.63) is 0 Å². The van der Waals surface area contributed by atoms with Gasteiger partial charge in [0.25, 0.3) is 0 Å². The lowest BCUT2D eigenvalue weighted by Gasteiger charge is -2.39. The normalized spacial score (nSPS) is 20.3. The predicted molar refractivity (Wildman–Crippen MR) is 54.9 cm³/mol. The molecule has 0 amide bonds. The SMILES string of the molecule is CC(C)CNCCOC1(C)CNC1. The fourth-order valence-electron chi connectivity index (χ4n) is 1.34. The monoisotopic (exact) mass is 186 g/mol. The quantitative estimate of drug-likeness (QED) is 0.596. The van der Waals surface area contributed by atoms with E-state index in [1.165, 1.54) is 0 Å². The molecule has 0 radical (unpaired) electrons. The summed E-state index contributed by atoms with van der Waals surface area (Å²) in [6, 6.07) is 0. The van der Waals surface area contributed by atoms with E-state index in [4.69, 9.17) is 4.74 Å². The molecule has 78 valence electrons. The van der Waals surface area contributed by atoms with Crippen LogP contribution in [-0.4, -0.2) is 38.4 Å². The molecule has 0 atom stereocenters. The van der Waals surface area contributed by atoms with Crippen LogP contribution in [0.4, 0.5) is 0 Å². The van der Waals surface area contributed by atoms with Gasteiger partial charge in [-0.1, -0.05) is 13.8 Å². The molecule has 1 rings (SSSR count). The first-order valence-electron chi connectivity index (χ1n) is 5.18. The van der Waals surface area contributed by atoms with Crippen LogP contribution >= 0.6 is 0 Å². The van der Waals surface area contributed by atoms with Crippen LogP contribution in [0.1, 0.15) is 20.8 Å². The number of nitrogens with one attached hydrogen (secondary N) is 2. The summed E-state index contributed by atoms with van der Waals surface area (Å²) in [7, 11) is 0. The Kier molecular flexibility index (Phi) is 4.16. The third kappa shape index (κ3) is 4.07. The smallest absolute Gasteiger partial charge is 0.0902 e. The van der Waals surface area contributed by atoms with Crippen LogP contribution in [-0.2, 0) is 4.74 Å². The first-order valence-corrected chi connectivity index (χ1v) is 5.18. The van der Waals surface area contributed by atoms with E-state index in [0.29, 0.717) is 0 Å². The van der Waals surface area contributed by atoms with Gasteiger partial charge in [0.1, 0.15) is 0 Å². The maximum atomic E-state index is 5.72. The molecule has 0 aromatic rings. The van der Waals surface area contributed by atoms with Crippen molar-refractivity contribution in [2.24, 2.45) is 5.92 Å². The lowest BCUT2D eigenvalue weighted by atomic mass is 10.0. The molecule has 1 heterocycles. The Morgan fingerprint density at radius 1 is 1.46 bits per heavy atom. The van der Waals surface area contributed by atoms with E-state index >= 15 is 0 Å². The van der Waals surface area contributed by atoms with E-state index in [1.54, 1.807) is 0 Å². The molecule has 13 heavy (non-hydrogen) atoms. The molecule has 3 nitrogen and oxygen atoms in total. The van der Waals surface area contributed by atoms with Gasteiger partial charge < -0.3 is 15.4 Å². The number of ether oxygens (including phenoxy) is 1. The Labute approximate surface area is 81.2 Å². The zero-order chi connectivity index (χ0) is 9.73. The van der Waals surface area contributed by atoms with Crippen LogP contribution in [0, 0.1) is 5.92 Å². The summed E-state index contributed by atoms with van der Waals surface area (Å²) in [5.74, 6) is 0.723. The molecule has 2 N–H and O–H groups in total. The van der Waals surface area contributed by atoms with Gasteiger partial charge in [-0.3, -0.25) is 0 Å². The van der Waals surface area contributed by atoms with Crippen LogP contribution in [0.5, 0.6) is 0 Å². The van der Waals surface area contributed by atoms with Crippen molar-refractivity contribution in [2.45, 2.75) is 26.4 Å². The van der Waals surface area contributed by atoms with Gasteiger partial charge in [0, 0.05) is 19.6 Å². The summed E-state index contributed by atoms with van der Waals surface area (Å²) in [4.78, 5) is 0. The van der Waals surface area contributed by atoms with E-state index in [2.05, 4.69) is 31.4 Å². The molecule has 1 fully saturated rings. The summed E-state index contributed by atoms with van der Waals surface area (Å²) in [6.45, 7) is 11.5. The Bertz CT molecular complexity index is 144. The van der Waals surface area contributed by atoms with Gasteiger partial charge in [-0.15, -0.1) is 0 Å². The predicted octanol–water partition coefficient (Wildman–Crippen LogP) is 0.610. The lowest BCUT2D eigenvalue weighted by Crippen LogP contribution is -2.59. The Morgan fingerprint density at radius 3 is 2.62 bits per heavy atom. The molecule has 0 bridgehead atoms. The summed E-state index contributed by atoms with van der Waals surface area (Å²) >= 11 is 0. The van der Waals surface area contributed by atoms with Crippen LogP contribution < -0.4 is 10.6 Å². The molecule has 1 aliphatic heterocycles. The van der Waals surface area contributed by atoms with Crippen LogP contribution in [0.2, 0.25) is 0 Å². The summed E-state index contributed by atoms with van der Waals surface area (Å²) in [5, 5.41) is 6.58. The molecule has 1 aliphatic rings. The van der Waals surface area contributed by atoms with E-state index in [-0.39, 0.29) is 5.60 Å². The minimum absolute atomic E-state index is 0.111. The topological polar surface area (TPSA) is 33.3 Å². The molecular formula is C10H22N2O. The maximum Gasteiger partial charge on any atom is 0.0902 e. The second-order valence-electron chi connectivity index (χ2n) is 4.50. The first-order chi connectivity index (χ1) is 6.12. The van der Waals surface area contributed by atoms with Crippen LogP contribution in [0.3, 0.4) is 0 Å². The fraction of sp³-hybridized carbons (Fsp3) is 1.00. The van der Waals surface area contributed by atoms with Gasteiger partial charge in [-0.2, -0.15) is 0 Å². The van der Waals surface area contributed by atoms with E-state index in [9.17, 15) is 0 Å². The molecular weight excluding hydrogens is 164 g/mol. The van der Waals surface area contributed by atoms with Gasteiger partial charge >= 0.3 is 0 Å². The summed E-state index contributed by atoms with van der Waals surface area (Å²) in [6.07, 6.45) is 0. The number of rotatable bonds is 6. The van der Waals surface area contributed by atoms with Crippen molar-refractivity contribution >= 4 is 0 Å². The Hall–Kier alpha value is -0.120. The van der Waals surface area contributed by atoms with E-state index in [0.717, 1.165) is 38.7 Å². The second-order valence-corrected chi connectivity index (χ2v) is 4.50. The van der Waals surface area contributed by atoms with Gasteiger partial charge in [0.2, 0.25) is 0 Å². The van der Waals surface area contributed by atoms with Gasteiger partial charge in [0.05, 0.1) is 12.2 Å². The third-order valence-corrected chi connectivity index (χ3v) is 2.28. The molecule has 0 aliphatic carbocycles. The zero-order valence-electron chi connectivity index (χ0n) is 9.02. The van der Waals surface area contributed by atoms with E-state index < -0.39 is 0 Å². The highest BCUT2D eigenvalue weighted by molar-refractivity contribution is 4.90. The van der Waals surface area contributed by atoms with Crippen molar-refractivity contribution in [1.29, 1.82) is 0 Å². The van der Waals surface area contributed by atoms with Crippen molar-refractivity contribution in [2.75, 3.05) is 32.8 Å². The standard InChI is InChI=1S/C10H22N2O/c1-9(2)6-11-4-5-13-10(3)7-12-8-10/h9,11-12H,4-8H2,1-3H3. The number of hydrogen-bond acceptors (Lipinski definition) is 3. The molecule has 0 spiro atoms.